The molecule has 2 aromatic rings. The Kier molecular flexibility index (Phi) is 12.8. The van der Waals surface area contributed by atoms with Gasteiger partial charge in [-0.25, -0.2) is 13.2 Å². The second kappa shape index (κ2) is 15.8. The van der Waals surface area contributed by atoms with Crippen LogP contribution in [0.5, 0.6) is 5.75 Å². The van der Waals surface area contributed by atoms with Crippen LogP contribution in [0.2, 0.25) is 0 Å². The lowest BCUT2D eigenvalue weighted by molar-refractivity contribution is -0.00832. The topological polar surface area (TPSA) is 138 Å². The Bertz CT molecular complexity index is 1300. The Morgan fingerprint density at radius 3 is 2.60 bits per heavy atom. The molecule has 11 nitrogen and oxygen atoms in total. The second-order valence-corrected chi connectivity index (χ2v) is 14.7. The fraction of sp³-hybridized carbons (Fsp3) is 0.600. The van der Waals surface area contributed by atoms with E-state index in [1.165, 1.54) is 11.4 Å². The van der Waals surface area contributed by atoms with Crippen molar-refractivity contribution in [2.75, 3.05) is 38.7 Å². The highest BCUT2D eigenvalue weighted by Crippen LogP contribution is 2.29. The summed E-state index contributed by atoms with van der Waals surface area (Å²) in [6, 6.07) is 7.23. The Hall–Kier alpha value is -2.71. The van der Waals surface area contributed by atoms with Crippen LogP contribution in [-0.4, -0.2) is 92.3 Å². The van der Waals surface area contributed by atoms with Gasteiger partial charge in [0, 0.05) is 44.4 Å². The summed E-state index contributed by atoms with van der Waals surface area (Å²) < 4.78 is 40.4. The molecule has 0 fully saturated rings. The van der Waals surface area contributed by atoms with Gasteiger partial charge in [-0.05, 0) is 76.6 Å². The predicted octanol–water partition coefficient (Wildman–Crippen LogP) is 4.39. The molecule has 3 rings (SSSR count). The van der Waals surface area contributed by atoms with Crippen LogP contribution < -0.4 is 15.4 Å². The van der Waals surface area contributed by atoms with Crippen LogP contribution in [0.25, 0.3) is 0 Å². The van der Waals surface area contributed by atoms with E-state index in [-0.39, 0.29) is 53.4 Å². The lowest BCUT2D eigenvalue weighted by Crippen LogP contribution is -2.48. The summed E-state index contributed by atoms with van der Waals surface area (Å²) in [6.07, 6.45) is 1.59. The fourth-order valence-corrected chi connectivity index (χ4v) is 7.19. The van der Waals surface area contributed by atoms with Crippen LogP contribution in [0.1, 0.15) is 64.2 Å². The maximum atomic E-state index is 14.2. The minimum absolute atomic E-state index is 0.0694. The van der Waals surface area contributed by atoms with Crippen LogP contribution in [-0.2, 0) is 14.8 Å². The molecule has 240 valence electrons. The van der Waals surface area contributed by atoms with Gasteiger partial charge < -0.3 is 30.1 Å². The summed E-state index contributed by atoms with van der Waals surface area (Å²) in [5, 5.41) is 17.4. The number of rotatable bonds is 8. The van der Waals surface area contributed by atoms with Crippen LogP contribution >= 0.6 is 11.3 Å². The third-order valence-corrected chi connectivity index (χ3v) is 10.5. The number of anilines is 1. The van der Waals surface area contributed by atoms with E-state index in [0.717, 1.165) is 30.6 Å². The molecular formula is C30H46N4O7S2. The molecular weight excluding hydrogens is 592 g/mol. The summed E-state index contributed by atoms with van der Waals surface area (Å²) in [5.74, 6) is -0.274. The van der Waals surface area contributed by atoms with E-state index in [2.05, 4.69) is 10.6 Å². The number of aliphatic hydroxyl groups is 1. The van der Waals surface area contributed by atoms with Gasteiger partial charge in [-0.3, -0.25) is 4.79 Å². The Labute approximate surface area is 259 Å². The van der Waals surface area contributed by atoms with Crippen LogP contribution in [0.4, 0.5) is 10.5 Å². The zero-order chi connectivity index (χ0) is 31.7. The van der Waals surface area contributed by atoms with Gasteiger partial charge in [0.1, 0.15) is 9.96 Å². The summed E-state index contributed by atoms with van der Waals surface area (Å²) in [6.45, 7) is 9.75. The lowest BCUT2D eigenvalue weighted by Gasteiger charge is -2.35. The zero-order valence-electron chi connectivity index (χ0n) is 25.9. The van der Waals surface area contributed by atoms with E-state index in [0.29, 0.717) is 18.0 Å². The minimum Gasteiger partial charge on any atom is -0.490 e. The normalized spacial score (nSPS) is 21.6. The SMILES string of the molecule is CC(C)NC(=O)Nc1ccc2c(c1)C(=O)N([C@@H](C)CO)C[C@H](C)[C@H](CN(C)S(=O)(=O)c1cccs1)OCCCC[C@@H](C)O2. The van der Waals surface area contributed by atoms with Gasteiger partial charge in [-0.15, -0.1) is 11.3 Å². The first kappa shape index (κ1) is 34.8. The number of nitrogens with zero attached hydrogens (tertiary/aromatic N) is 2. The Morgan fingerprint density at radius 2 is 1.95 bits per heavy atom. The van der Waals surface area contributed by atoms with Crippen LogP contribution in [0.3, 0.4) is 0 Å². The molecule has 1 aliphatic heterocycles. The predicted molar refractivity (Wildman–Crippen MR) is 168 cm³/mol. The molecule has 1 aliphatic rings. The zero-order valence-corrected chi connectivity index (χ0v) is 27.5. The highest BCUT2D eigenvalue weighted by Gasteiger charge is 2.32. The van der Waals surface area contributed by atoms with Crippen molar-refractivity contribution in [2.24, 2.45) is 5.92 Å². The lowest BCUT2D eigenvalue weighted by atomic mass is 10.0. The molecule has 4 atom stereocenters. The third-order valence-electron chi connectivity index (χ3n) is 7.33. The molecule has 0 bridgehead atoms. The van der Waals surface area contributed by atoms with Crippen molar-refractivity contribution in [1.29, 1.82) is 0 Å². The van der Waals surface area contributed by atoms with Gasteiger partial charge in [0.2, 0.25) is 0 Å². The number of nitrogens with one attached hydrogen (secondary N) is 2. The molecule has 3 N–H and O–H groups in total. The minimum atomic E-state index is -3.70. The van der Waals surface area contributed by atoms with E-state index in [1.54, 1.807) is 47.5 Å². The number of thiophene rings is 1. The van der Waals surface area contributed by atoms with Crippen LogP contribution in [0.15, 0.2) is 39.9 Å². The quantitative estimate of drug-likeness (QED) is 0.390. The highest BCUT2D eigenvalue weighted by atomic mass is 32.2. The molecule has 0 spiro atoms. The second-order valence-electron chi connectivity index (χ2n) is 11.5. The van der Waals surface area contributed by atoms with Gasteiger partial charge in [-0.1, -0.05) is 13.0 Å². The van der Waals surface area contributed by atoms with Crippen molar-refractivity contribution < 1.29 is 32.6 Å². The highest BCUT2D eigenvalue weighted by molar-refractivity contribution is 7.91. The van der Waals surface area contributed by atoms with Gasteiger partial charge in [0.05, 0.1) is 30.4 Å². The van der Waals surface area contributed by atoms with E-state index in [4.69, 9.17) is 9.47 Å². The summed E-state index contributed by atoms with van der Waals surface area (Å²) in [7, 11) is -2.16. The molecule has 0 radical (unpaired) electrons. The number of hydrogen-bond acceptors (Lipinski definition) is 8. The number of sulfonamides is 1. The molecule has 0 saturated heterocycles. The molecule has 3 amide bonds. The number of urea groups is 1. The first-order chi connectivity index (χ1) is 20.3. The number of hydrogen-bond donors (Lipinski definition) is 3. The molecule has 0 unspecified atom stereocenters. The van der Waals surface area contributed by atoms with Gasteiger partial charge in [0.25, 0.3) is 15.9 Å². The fourth-order valence-electron chi connectivity index (χ4n) is 4.81. The number of benzene rings is 1. The molecule has 43 heavy (non-hydrogen) atoms. The molecule has 0 aliphatic carbocycles. The Balaban J connectivity index is 1.96. The molecule has 2 heterocycles. The maximum Gasteiger partial charge on any atom is 0.319 e. The number of aliphatic hydroxyl groups excluding tert-OH is 1. The largest absolute Gasteiger partial charge is 0.490 e. The van der Waals surface area contributed by atoms with Gasteiger partial charge in [-0.2, -0.15) is 4.31 Å². The number of amides is 3. The average molecular weight is 639 g/mol. The first-order valence-corrected chi connectivity index (χ1v) is 17.1. The first-order valence-electron chi connectivity index (χ1n) is 14.7. The standard InChI is InChI=1S/C30H46N4O7S2/c1-20(2)31-30(37)32-24-12-13-26-25(16-24)29(36)34(22(4)19-35)17-21(3)27(40-14-8-7-10-23(5)41-26)18-33(6)43(38,39)28-11-9-15-42-28/h9,11-13,15-16,20-23,27,35H,7-8,10,14,17-19H2,1-6H3,(H2,31,32,37)/t21-,22-,23+,27-/m0/s1. The van der Waals surface area contributed by atoms with Gasteiger partial charge >= 0.3 is 6.03 Å². The number of carbonyl (C=O) groups excluding carboxylic acids is 2. The molecule has 13 heteroatoms. The van der Waals surface area contributed by atoms with E-state index < -0.39 is 28.2 Å². The Morgan fingerprint density at radius 1 is 1.21 bits per heavy atom. The van der Waals surface area contributed by atoms with Crippen molar-refractivity contribution in [3.63, 3.8) is 0 Å². The maximum absolute atomic E-state index is 14.2. The summed E-state index contributed by atoms with van der Waals surface area (Å²) >= 11 is 1.16. The number of ether oxygens (including phenoxy) is 2. The van der Waals surface area contributed by atoms with Gasteiger partial charge in [0.15, 0.2) is 0 Å². The number of carbonyl (C=O) groups is 2. The molecule has 1 aromatic heterocycles. The van der Waals surface area contributed by atoms with E-state index >= 15 is 0 Å². The van der Waals surface area contributed by atoms with Crippen LogP contribution in [0, 0.1) is 5.92 Å². The molecule has 0 saturated carbocycles. The number of likely N-dealkylation sites (N-methyl/N-ethyl adjacent to an activating group) is 1. The number of fused-ring (bicyclic) bond motifs is 1. The summed E-state index contributed by atoms with van der Waals surface area (Å²) in [4.78, 5) is 28.1. The van der Waals surface area contributed by atoms with Crippen molar-refractivity contribution in [3.8, 4) is 5.75 Å². The smallest absolute Gasteiger partial charge is 0.319 e. The van der Waals surface area contributed by atoms with Crippen molar-refractivity contribution in [2.45, 2.75) is 82.4 Å². The van der Waals surface area contributed by atoms with E-state index in [9.17, 15) is 23.1 Å². The monoisotopic (exact) mass is 638 g/mol. The van der Waals surface area contributed by atoms with Crippen molar-refractivity contribution >= 4 is 39.0 Å². The van der Waals surface area contributed by atoms with Crippen molar-refractivity contribution in [1.82, 2.24) is 14.5 Å². The van der Waals surface area contributed by atoms with Crippen molar-refractivity contribution in [3.05, 3.63) is 41.3 Å². The summed E-state index contributed by atoms with van der Waals surface area (Å²) in [5.41, 5.74) is 0.683. The average Bonchev–Trinajstić information content (AvgIpc) is 3.50. The van der Waals surface area contributed by atoms with E-state index in [1.807, 2.05) is 27.7 Å². The molecule has 1 aromatic carbocycles. The third kappa shape index (κ3) is 9.64.